The number of alkyl halides is 1. The molecule has 10 heavy (non-hydrogen) atoms. The first-order valence-corrected chi connectivity index (χ1v) is 5.43. The molecule has 1 aromatic carbocycles. The summed E-state index contributed by atoms with van der Waals surface area (Å²) in [6.45, 7) is 0. The molecular weight excluding hydrogens is 373 g/mol. The number of rotatable bonds is 1. The van der Waals surface area contributed by atoms with E-state index in [-0.39, 0.29) is 0 Å². The predicted molar refractivity (Wildman–Crippen MR) is 61.4 cm³/mol. The second kappa shape index (κ2) is 4.11. The Morgan fingerprint density at radius 1 is 1.30 bits per heavy atom. The first-order chi connectivity index (χ1) is 4.74. The van der Waals surface area contributed by atoms with E-state index in [4.69, 9.17) is 11.6 Å². The second-order valence-corrected chi connectivity index (χ2v) is 4.54. The third-order valence-electron chi connectivity index (χ3n) is 1.15. The zero-order valence-corrected chi connectivity index (χ0v) is 10.1. The molecule has 0 unspecified atom stereocenters. The molecule has 0 saturated heterocycles. The van der Waals surface area contributed by atoms with E-state index >= 15 is 0 Å². The van der Waals surface area contributed by atoms with Gasteiger partial charge in [0.15, 0.2) is 0 Å². The molecule has 0 aliphatic carbocycles. The summed E-state index contributed by atoms with van der Waals surface area (Å²) in [7, 11) is 0. The summed E-state index contributed by atoms with van der Waals surface area (Å²) in [5.74, 6) is 0.606. The van der Waals surface area contributed by atoms with Gasteiger partial charge >= 0.3 is 0 Å². The molecule has 0 amide bonds. The highest BCUT2D eigenvalue weighted by Crippen LogP contribution is 2.17. The van der Waals surface area contributed by atoms with Crippen LogP contribution in [0.15, 0.2) is 18.2 Å². The molecule has 0 nitrogen and oxygen atoms in total. The van der Waals surface area contributed by atoms with Crippen molar-refractivity contribution in [3.8, 4) is 0 Å². The van der Waals surface area contributed by atoms with Crippen LogP contribution in [0.5, 0.6) is 0 Å². The quantitative estimate of drug-likeness (QED) is 0.517. The Labute approximate surface area is 92.6 Å². The Hall–Kier alpha value is 0.970. The van der Waals surface area contributed by atoms with E-state index in [2.05, 4.69) is 63.4 Å². The van der Waals surface area contributed by atoms with Gasteiger partial charge in [-0.15, -0.1) is 11.6 Å². The lowest BCUT2D eigenvalue weighted by molar-refractivity contribution is 1.35. The van der Waals surface area contributed by atoms with Crippen molar-refractivity contribution in [2.45, 2.75) is 5.88 Å². The van der Waals surface area contributed by atoms with Crippen LogP contribution in [0.25, 0.3) is 0 Å². The van der Waals surface area contributed by atoms with E-state index in [1.54, 1.807) is 0 Å². The third kappa shape index (κ3) is 2.23. The number of hydrogen-bond acceptors (Lipinski definition) is 0. The first-order valence-electron chi connectivity index (χ1n) is 2.74. The largest absolute Gasteiger partial charge is 0.122 e. The van der Waals surface area contributed by atoms with Crippen LogP contribution in [0.3, 0.4) is 0 Å². The maximum absolute atomic E-state index is 5.70. The van der Waals surface area contributed by atoms with Gasteiger partial charge in [0.25, 0.3) is 0 Å². The smallest absolute Gasteiger partial charge is 0.0484 e. The van der Waals surface area contributed by atoms with E-state index < -0.39 is 0 Å². The Morgan fingerprint density at radius 3 is 2.50 bits per heavy atom. The minimum Gasteiger partial charge on any atom is -0.122 e. The zero-order chi connectivity index (χ0) is 7.56. The molecule has 0 aliphatic rings. The number of halogens is 3. The average molecular weight is 378 g/mol. The van der Waals surface area contributed by atoms with Crippen molar-refractivity contribution < 1.29 is 0 Å². The van der Waals surface area contributed by atoms with Crippen molar-refractivity contribution >= 4 is 56.8 Å². The molecule has 54 valence electrons. The lowest BCUT2D eigenvalue weighted by Crippen LogP contribution is -1.84. The van der Waals surface area contributed by atoms with E-state index in [1.165, 1.54) is 12.7 Å². The summed E-state index contributed by atoms with van der Waals surface area (Å²) in [6, 6.07) is 6.27. The lowest BCUT2D eigenvalue weighted by atomic mass is 10.2. The summed E-state index contributed by atoms with van der Waals surface area (Å²) >= 11 is 10.3. The molecule has 0 saturated carbocycles. The van der Waals surface area contributed by atoms with Crippen molar-refractivity contribution in [3.05, 3.63) is 30.9 Å². The van der Waals surface area contributed by atoms with Crippen LogP contribution >= 0.6 is 56.8 Å². The Morgan fingerprint density at radius 2 is 2.00 bits per heavy atom. The molecule has 1 aromatic rings. The number of benzene rings is 1. The van der Waals surface area contributed by atoms with Gasteiger partial charge in [-0.1, -0.05) is 0 Å². The first kappa shape index (κ1) is 9.06. The van der Waals surface area contributed by atoms with Crippen LogP contribution in [-0.2, 0) is 5.88 Å². The zero-order valence-electron chi connectivity index (χ0n) is 5.07. The summed E-state index contributed by atoms with van der Waals surface area (Å²) in [5.41, 5.74) is 1.22. The van der Waals surface area contributed by atoms with Crippen LogP contribution < -0.4 is 0 Å². The molecule has 0 N–H and O–H groups in total. The molecule has 1 rings (SSSR count). The van der Waals surface area contributed by atoms with Crippen LogP contribution in [-0.4, -0.2) is 0 Å². The van der Waals surface area contributed by atoms with Crippen LogP contribution in [0.2, 0.25) is 0 Å². The fourth-order valence-corrected chi connectivity index (χ4v) is 2.17. The highest BCUT2D eigenvalue weighted by molar-refractivity contribution is 14.1. The van der Waals surface area contributed by atoms with Gasteiger partial charge in [-0.25, -0.2) is 0 Å². The molecule has 0 bridgehead atoms. The number of hydrogen-bond donors (Lipinski definition) is 0. The van der Waals surface area contributed by atoms with Gasteiger partial charge in [0.2, 0.25) is 0 Å². The fraction of sp³-hybridized carbons (Fsp3) is 0.143. The van der Waals surface area contributed by atoms with Crippen molar-refractivity contribution in [2.24, 2.45) is 0 Å². The minimum atomic E-state index is 0.606. The van der Waals surface area contributed by atoms with E-state index in [0.717, 1.165) is 0 Å². The molecule has 0 heterocycles. The maximum atomic E-state index is 5.70. The summed E-state index contributed by atoms with van der Waals surface area (Å²) in [6.07, 6.45) is 0. The van der Waals surface area contributed by atoms with Crippen molar-refractivity contribution in [1.82, 2.24) is 0 Å². The van der Waals surface area contributed by atoms with Crippen molar-refractivity contribution in [3.63, 3.8) is 0 Å². The van der Waals surface area contributed by atoms with Gasteiger partial charge in [-0.05, 0) is 68.9 Å². The van der Waals surface area contributed by atoms with Gasteiger partial charge in [-0.2, -0.15) is 0 Å². The van der Waals surface area contributed by atoms with Crippen LogP contribution in [0.1, 0.15) is 5.56 Å². The van der Waals surface area contributed by atoms with E-state index in [1.807, 2.05) is 0 Å². The summed E-state index contributed by atoms with van der Waals surface area (Å²) in [4.78, 5) is 0. The molecular formula is C7H5ClI2. The van der Waals surface area contributed by atoms with Gasteiger partial charge in [0, 0.05) is 13.0 Å². The van der Waals surface area contributed by atoms with Gasteiger partial charge in [0.1, 0.15) is 0 Å². The molecule has 3 heteroatoms. The van der Waals surface area contributed by atoms with E-state index in [9.17, 15) is 0 Å². The average Bonchev–Trinajstić information content (AvgIpc) is 1.94. The Kier molecular flexibility index (Phi) is 3.72. The minimum absolute atomic E-state index is 0.606. The van der Waals surface area contributed by atoms with Gasteiger partial charge < -0.3 is 0 Å². The summed E-state index contributed by atoms with van der Waals surface area (Å²) in [5, 5.41) is 0. The highest BCUT2D eigenvalue weighted by atomic mass is 127. The van der Waals surface area contributed by atoms with Crippen molar-refractivity contribution in [2.75, 3.05) is 0 Å². The summed E-state index contributed by atoms with van der Waals surface area (Å²) < 4.78 is 2.49. The molecule has 0 aliphatic heterocycles. The molecule has 0 radical (unpaired) electrons. The molecule has 0 atom stereocenters. The Balaban J connectivity index is 3.09. The maximum Gasteiger partial charge on any atom is 0.0484 e. The topological polar surface area (TPSA) is 0 Å². The van der Waals surface area contributed by atoms with Crippen LogP contribution in [0.4, 0.5) is 0 Å². The normalized spacial score (nSPS) is 9.90. The van der Waals surface area contributed by atoms with Gasteiger partial charge in [-0.3, -0.25) is 0 Å². The Bertz CT molecular complexity index is 235. The highest BCUT2D eigenvalue weighted by Gasteiger charge is 1.96. The standard InChI is InChI=1S/C7H5ClI2/c8-4-5-3-6(9)1-2-7(5)10/h1-3H,4H2. The van der Waals surface area contributed by atoms with Crippen molar-refractivity contribution in [1.29, 1.82) is 0 Å². The lowest BCUT2D eigenvalue weighted by Gasteiger charge is -1.98. The second-order valence-electron chi connectivity index (χ2n) is 1.87. The van der Waals surface area contributed by atoms with Crippen LogP contribution in [0, 0.1) is 7.14 Å². The molecule has 0 fully saturated rings. The van der Waals surface area contributed by atoms with E-state index in [0.29, 0.717) is 5.88 Å². The van der Waals surface area contributed by atoms with Gasteiger partial charge in [0.05, 0.1) is 0 Å². The molecule has 0 spiro atoms. The predicted octanol–water partition coefficient (Wildman–Crippen LogP) is 3.63. The fourth-order valence-electron chi connectivity index (χ4n) is 0.646. The monoisotopic (exact) mass is 378 g/mol. The molecule has 0 aromatic heterocycles. The SMILES string of the molecule is ClCc1cc(I)ccc1I. The third-order valence-corrected chi connectivity index (χ3v) is 3.16.